The Kier molecular flexibility index (Phi) is 3.19. The van der Waals surface area contributed by atoms with Crippen LogP contribution in [0.2, 0.25) is 0 Å². The molecule has 0 aromatic carbocycles. The van der Waals surface area contributed by atoms with Crippen LogP contribution in [0.5, 0.6) is 0 Å². The molecule has 1 fully saturated rings. The Morgan fingerprint density at radius 2 is 2.31 bits per heavy atom. The van der Waals surface area contributed by atoms with E-state index in [1.54, 1.807) is 18.5 Å². The van der Waals surface area contributed by atoms with Crippen molar-refractivity contribution in [2.45, 2.75) is 31.7 Å². The molecule has 86 valence electrons. The summed E-state index contributed by atoms with van der Waals surface area (Å²) in [5, 5.41) is 0. The number of carbonyl (C=O) groups excluding carboxylic acids is 1. The van der Waals surface area contributed by atoms with Gasteiger partial charge in [0.05, 0.1) is 0 Å². The second kappa shape index (κ2) is 4.61. The lowest BCUT2D eigenvalue weighted by atomic mass is 9.94. The molecule has 1 saturated carbocycles. The first-order valence-corrected chi connectivity index (χ1v) is 5.65. The Labute approximate surface area is 95.0 Å². The fraction of sp³-hybridized carbons (Fsp3) is 0.500. The van der Waals surface area contributed by atoms with E-state index in [1.807, 2.05) is 0 Å². The van der Waals surface area contributed by atoms with Crippen molar-refractivity contribution in [3.05, 3.63) is 24.0 Å². The van der Waals surface area contributed by atoms with E-state index >= 15 is 0 Å². The summed E-state index contributed by atoms with van der Waals surface area (Å²) in [7, 11) is 0. The molecular weight excluding hydrogens is 202 g/mol. The molecule has 4 nitrogen and oxygen atoms in total. The van der Waals surface area contributed by atoms with E-state index in [4.69, 9.17) is 11.5 Å². The normalized spacial score (nSPS) is 24.6. The molecule has 0 spiro atoms. The van der Waals surface area contributed by atoms with Gasteiger partial charge in [0.15, 0.2) is 0 Å². The quantitative estimate of drug-likeness (QED) is 0.791. The van der Waals surface area contributed by atoms with Crippen LogP contribution in [-0.4, -0.2) is 16.8 Å². The van der Waals surface area contributed by atoms with Crippen molar-refractivity contribution in [1.82, 2.24) is 4.98 Å². The molecule has 0 saturated heterocycles. The number of anilines is 1. The SMILES string of the molecule is Nc1ccncc1CC(=O)C1CCCC1N. The molecule has 0 aliphatic heterocycles. The highest BCUT2D eigenvalue weighted by Crippen LogP contribution is 2.26. The number of Topliss-reactive ketones (excluding diaryl/α,β-unsaturated/α-hetero) is 1. The molecule has 1 heterocycles. The predicted octanol–water partition coefficient (Wildman–Crippen LogP) is 0.903. The van der Waals surface area contributed by atoms with E-state index in [0.717, 1.165) is 24.8 Å². The van der Waals surface area contributed by atoms with Crippen LogP contribution < -0.4 is 11.5 Å². The summed E-state index contributed by atoms with van der Waals surface area (Å²) in [5.41, 5.74) is 13.1. The molecule has 2 atom stereocenters. The van der Waals surface area contributed by atoms with Gasteiger partial charge in [-0.05, 0) is 18.9 Å². The fourth-order valence-corrected chi connectivity index (χ4v) is 2.29. The molecule has 2 unspecified atom stereocenters. The average Bonchev–Trinajstić information content (AvgIpc) is 2.68. The maximum atomic E-state index is 12.0. The summed E-state index contributed by atoms with van der Waals surface area (Å²) in [4.78, 5) is 16.0. The molecule has 1 aliphatic carbocycles. The number of rotatable bonds is 3. The molecule has 4 N–H and O–H groups in total. The van der Waals surface area contributed by atoms with E-state index in [9.17, 15) is 4.79 Å². The maximum Gasteiger partial charge on any atom is 0.142 e. The summed E-state index contributed by atoms with van der Waals surface area (Å²) in [6.45, 7) is 0. The largest absolute Gasteiger partial charge is 0.398 e. The number of nitrogen functional groups attached to an aromatic ring is 1. The lowest BCUT2D eigenvalue weighted by Crippen LogP contribution is -2.31. The molecule has 1 aromatic heterocycles. The van der Waals surface area contributed by atoms with Crippen LogP contribution >= 0.6 is 0 Å². The van der Waals surface area contributed by atoms with Crippen LogP contribution in [0.1, 0.15) is 24.8 Å². The van der Waals surface area contributed by atoms with Gasteiger partial charge in [-0.25, -0.2) is 0 Å². The Morgan fingerprint density at radius 1 is 1.50 bits per heavy atom. The van der Waals surface area contributed by atoms with E-state index < -0.39 is 0 Å². The van der Waals surface area contributed by atoms with Crippen LogP contribution in [0, 0.1) is 5.92 Å². The molecule has 0 bridgehead atoms. The third-order valence-electron chi connectivity index (χ3n) is 3.29. The summed E-state index contributed by atoms with van der Waals surface area (Å²) in [5.74, 6) is 0.212. The van der Waals surface area contributed by atoms with Gasteiger partial charge in [-0.3, -0.25) is 9.78 Å². The Morgan fingerprint density at radius 3 is 2.94 bits per heavy atom. The second-order valence-corrected chi connectivity index (χ2v) is 4.42. The van der Waals surface area contributed by atoms with Crippen LogP contribution in [0.15, 0.2) is 18.5 Å². The highest BCUT2D eigenvalue weighted by molar-refractivity contribution is 5.85. The van der Waals surface area contributed by atoms with Gasteiger partial charge in [0, 0.05) is 42.0 Å². The molecule has 4 heteroatoms. The van der Waals surface area contributed by atoms with Crippen LogP contribution in [0.4, 0.5) is 5.69 Å². The van der Waals surface area contributed by atoms with Gasteiger partial charge in [0.1, 0.15) is 5.78 Å². The van der Waals surface area contributed by atoms with Gasteiger partial charge in [-0.15, -0.1) is 0 Å². The lowest BCUT2D eigenvalue weighted by Gasteiger charge is -2.14. The zero-order chi connectivity index (χ0) is 11.5. The number of nitrogens with two attached hydrogens (primary N) is 2. The van der Waals surface area contributed by atoms with Gasteiger partial charge < -0.3 is 11.5 Å². The second-order valence-electron chi connectivity index (χ2n) is 4.42. The average molecular weight is 219 g/mol. The molecular formula is C12H17N3O. The standard InChI is InChI=1S/C12H17N3O/c13-10-4-5-15-7-8(10)6-12(16)9-2-1-3-11(9)14/h4-5,7,9,11H,1-3,6,14H2,(H2,13,15). The zero-order valence-corrected chi connectivity index (χ0v) is 9.23. The Balaban J connectivity index is 2.05. The molecule has 0 amide bonds. The Bertz CT molecular complexity index is 392. The van der Waals surface area contributed by atoms with Crippen molar-refractivity contribution in [2.75, 3.05) is 5.73 Å². The molecule has 2 rings (SSSR count). The smallest absolute Gasteiger partial charge is 0.142 e. The van der Waals surface area contributed by atoms with Crippen molar-refractivity contribution >= 4 is 11.5 Å². The first-order valence-electron chi connectivity index (χ1n) is 5.65. The minimum atomic E-state index is 0.0135. The number of carbonyl (C=O) groups is 1. The zero-order valence-electron chi connectivity index (χ0n) is 9.23. The van der Waals surface area contributed by atoms with Crippen molar-refractivity contribution < 1.29 is 4.79 Å². The lowest BCUT2D eigenvalue weighted by molar-refractivity contribution is -0.122. The molecule has 1 aliphatic rings. The van der Waals surface area contributed by atoms with E-state index in [1.165, 1.54) is 0 Å². The Hall–Kier alpha value is -1.42. The summed E-state index contributed by atoms with van der Waals surface area (Å²) < 4.78 is 0. The van der Waals surface area contributed by atoms with Gasteiger partial charge >= 0.3 is 0 Å². The third kappa shape index (κ3) is 2.22. The molecule has 16 heavy (non-hydrogen) atoms. The van der Waals surface area contributed by atoms with Gasteiger partial charge in [0.2, 0.25) is 0 Å². The van der Waals surface area contributed by atoms with Gasteiger partial charge in [-0.2, -0.15) is 0 Å². The van der Waals surface area contributed by atoms with Gasteiger partial charge in [0.25, 0.3) is 0 Å². The number of hydrogen-bond donors (Lipinski definition) is 2. The fourth-order valence-electron chi connectivity index (χ4n) is 2.29. The highest BCUT2D eigenvalue weighted by atomic mass is 16.1. The van der Waals surface area contributed by atoms with Crippen molar-refractivity contribution in [2.24, 2.45) is 11.7 Å². The van der Waals surface area contributed by atoms with Crippen LogP contribution in [0.25, 0.3) is 0 Å². The van der Waals surface area contributed by atoms with Crippen LogP contribution in [-0.2, 0) is 11.2 Å². The summed E-state index contributed by atoms with van der Waals surface area (Å²) in [6.07, 6.45) is 6.58. The number of nitrogens with zero attached hydrogens (tertiary/aromatic N) is 1. The molecule has 1 aromatic rings. The van der Waals surface area contributed by atoms with Crippen molar-refractivity contribution in [3.8, 4) is 0 Å². The first-order chi connectivity index (χ1) is 7.68. The monoisotopic (exact) mass is 219 g/mol. The van der Waals surface area contributed by atoms with Crippen LogP contribution in [0.3, 0.4) is 0 Å². The van der Waals surface area contributed by atoms with E-state index in [-0.39, 0.29) is 17.7 Å². The molecule has 0 radical (unpaired) electrons. The predicted molar refractivity (Wildman–Crippen MR) is 62.7 cm³/mol. The number of ketones is 1. The van der Waals surface area contributed by atoms with E-state index in [2.05, 4.69) is 4.98 Å². The topological polar surface area (TPSA) is 82.0 Å². The minimum Gasteiger partial charge on any atom is -0.398 e. The van der Waals surface area contributed by atoms with Gasteiger partial charge in [-0.1, -0.05) is 6.42 Å². The third-order valence-corrected chi connectivity index (χ3v) is 3.29. The van der Waals surface area contributed by atoms with Crippen molar-refractivity contribution in [1.29, 1.82) is 0 Å². The number of hydrogen-bond acceptors (Lipinski definition) is 4. The summed E-state index contributed by atoms with van der Waals surface area (Å²) in [6, 6.07) is 1.75. The van der Waals surface area contributed by atoms with Crippen molar-refractivity contribution in [3.63, 3.8) is 0 Å². The minimum absolute atomic E-state index is 0.0135. The maximum absolute atomic E-state index is 12.0. The number of aromatic nitrogens is 1. The first kappa shape index (κ1) is 11.1. The highest BCUT2D eigenvalue weighted by Gasteiger charge is 2.30. The number of pyridine rings is 1. The summed E-state index contributed by atoms with van der Waals surface area (Å²) >= 11 is 0. The van der Waals surface area contributed by atoms with E-state index in [0.29, 0.717) is 12.1 Å².